The fourth-order valence-corrected chi connectivity index (χ4v) is 4.66. The number of benzene rings is 3. The van der Waals surface area contributed by atoms with Gasteiger partial charge in [-0.25, -0.2) is 4.79 Å². The van der Waals surface area contributed by atoms with Gasteiger partial charge in [-0.05, 0) is 47.9 Å². The van der Waals surface area contributed by atoms with Gasteiger partial charge in [0.05, 0.1) is 23.4 Å². The number of hydrogen-bond donors (Lipinski definition) is 2. The first-order valence-electron chi connectivity index (χ1n) is 13.6. The van der Waals surface area contributed by atoms with Crippen molar-refractivity contribution < 1.29 is 40.7 Å². The number of aromatic amines is 1. The van der Waals surface area contributed by atoms with Gasteiger partial charge < -0.3 is 24.8 Å². The highest BCUT2D eigenvalue weighted by Crippen LogP contribution is 2.34. The van der Waals surface area contributed by atoms with E-state index in [9.17, 15) is 35.9 Å². The number of amides is 3. The third kappa shape index (κ3) is 8.31. The summed E-state index contributed by atoms with van der Waals surface area (Å²) >= 11 is 0. The third-order valence-corrected chi connectivity index (χ3v) is 6.99. The Bertz CT molecular complexity index is 1570. The molecule has 0 saturated carbocycles. The van der Waals surface area contributed by atoms with Crippen molar-refractivity contribution in [2.75, 3.05) is 38.7 Å². The van der Waals surface area contributed by atoms with Gasteiger partial charge in [0.1, 0.15) is 6.54 Å². The van der Waals surface area contributed by atoms with Crippen molar-refractivity contribution >= 4 is 28.5 Å². The molecule has 0 saturated heterocycles. The van der Waals surface area contributed by atoms with E-state index in [2.05, 4.69) is 10.3 Å². The average molecular weight is 621 g/mol. The Kier molecular flexibility index (Phi) is 10.2. The van der Waals surface area contributed by atoms with E-state index in [1.807, 2.05) is 30.5 Å². The minimum absolute atomic E-state index is 0.00411. The minimum atomic E-state index is -4.72. The van der Waals surface area contributed by atoms with Crippen molar-refractivity contribution in [3.05, 3.63) is 101 Å². The van der Waals surface area contributed by atoms with E-state index in [-0.39, 0.29) is 26.2 Å². The van der Waals surface area contributed by atoms with E-state index in [0.717, 1.165) is 45.6 Å². The number of carbonyl (C=O) groups is 2. The van der Waals surface area contributed by atoms with Crippen molar-refractivity contribution in [3.8, 4) is 0 Å². The van der Waals surface area contributed by atoms with Crippen LogP contribution in [0.25, 0.3) is 10.9 Å². The van der Waals surface area contributed by atoms with Gasteiger partial charge in [-0.2, -0.15) is 26.3 Å². The van der Waals surface area contributed by atoms with E-state index in [1.54, 1.807) is 0 Å². The molecule has 3 amide bonds. The molecule has 0 atom stereocenters. The van der Waals surface area contributed by atoms with E-state index in [0.29, 0.717) is 12.0 Å². The van der Waals surface area contributed by atoms with Crippen molar-refractivity contribution in [3.63, 3.8) is 0 Å². The second kappa shape index (κ2) is 13.8. The number of fused-ring (bicyclic) bond motifs is 1. The number of para-hydroxylation sites is 2. The smallest absolute Gasteiger partial charge is 0.383 e. The van der Waals surface area contributed by atoms with E-state index in [1.165, 1.54) is 36.3 Å². The monoisotopic (exact) mass is 620 g/mol. The average Bonchev–Trinajstić information content (AvgIpc) is 3.39. The van der Waals surface area contributed by atoms with Gasteiger partial charge in [-0.3, -0.25) is 4.79 Å². The number of anilines is 1. The molecule has 44 heavy (non-hydrogen) atoms. The van der Waals surface area contributed by atoms with Crippen LogP contribution in [0.2, 0.25) is 0 Å². The molecule has 0 bridgehead atoms. The second-order valence-corrected chi connectivity index (χ2v) is 10.0. The predicted molar refractivity (Wildman–Crippen MR) is 153 cm³/mol. The van der Waals surface area contributed by atoms with Crippen LogP contribution in [0.4, 0.5) is 36.8 Å². The molecule has 0 aliphatic heterocycles. The molecule has 1 heterocycles. The van der Waals surface area contributed by atoms with Crippen molar-refractivity contribution in [2.45, 2.75) is 25.3 Å². The Labute approximate surface area is 249 Å². The molecule has 2 N–H and O–H groups in total. The Morgan fingerprint density at radius 2 is 1.52 bits per heavy atom. The first kappa shape index (κ1) is 32.4. The fourth-order valence-electron chi connectivity index (χ4n) is 4.66. The number of carbonyl (C=O) groups excluding carboxylic acids is 2. The van der Waals surface area contributed by atoms with Crippen LogP contribution < -0.4 is 5.32 Å². The van der Waals surface area contributed by atoms with Crippen LogP contribution in [0.15, 0.2) is 79.0 Å². The van der Waals surface area contributed by atoms with Gasteiger partial charge >= 0.3 is 18.4 Å². The molecule has 0 spiro atoms. The van der Waals surface area contributed by atoms with Gasteiger partial charge in [0.15, 0.2) is 0 Å². The van der Waals surface area contributed by atoms with Crippen LogP contribution in [0.1, 0.15) is 22.3 Å². The number of H-pyrrole nitrogens is 1. The zero-order valence-electron chi connectivity index (χ0n) is 23.6. The molecule has 1 aromatic heterocycles. The molecule has 4 rings (SSSR count). The number of alkyl halides is 6. The molecule has 0 unspecified atom stereocenters. The quantitative estimate of drug-likeness (QED) is 0.178. The maximum atomic E-state index is 13.6. The SMILES string of the molecule is COCCN(CC(=O)N(CCc1c[nH]c2ccccc12)Cc1ccc(C(F)(F)F)cc1)C(=O)Nc1ccccc1C(F)(F)F. The van der Waals surface area contributed by atoms with E-state index < -0.39 is 47.6 Å². The Balaban J connectivity index is 1.56. The number of ether oxygens (including phenoxy) is 1. The first-order chi connectivity index (χ1) is 20.9. The van der Waals surface area contributed by atoms with Gasteiger partial charge in [0.25, 0.3) is 0 Å². The molecule has 3 aromatic carbocycles. The standard InChI is InChI=1S/C31H30F6N4O3/c1-44-17-16-41(29(43)39-27-9-5-3-7-25(27)31(35,36)37)20-28(42)40(19-21-10-12-23(13-11-21)30(32,33)34)15-14-22-18-38-26-8-4-2-6-24(22)26/h2-13,18,38H,14-17,19-20H2,1H3,(H,39,43). The molecule has 0 fully saturated rings. The Morgan fingerprint density at radius 1 is 0.841 bits per heavy atom. The topological polar surface area (TPSA) is 77.7 Å². The van der Waals surface area contributed by atoms with Crippen molar-refractivity contribution in [1.29, 1.82) is 0 Å². The lowest BCUT2D eigenvalue weighted by Gasteiger charge is -2.28. The highest BCUT2D eigenvalue weighted by molar-refractivity contribution is 5.93. The number of hydrogen-bond acceptors (Lipinski definition) is 3. The first-order valence-corrected chi connectivity index (χ1v) is 13.6. The van der Waals surface area contributed by atoms with Crippen LogP contribution in [0.3, 0.4) is 0 Å². The maximum absolute atomic E-state index is 13.6. The lowest BCUT2D eigenvalue weighted by molar-refractivity contribution is -0.138. The molecule has 0 radical (unpaired) electrons. The van der Waals surface area contributed by atoms with Crippen LogP contribution in [-0.2, 0) is 34.8 Å². The van der Waals surface area contributed by atoms with Crippen molar-refractivity contribution in [1.82, 2.24) is 14.8 Å². The van der Waals surface area contributed by atoms with Crippen molar-refractivity contribution in [2.24, 2.45) is 0 Å². The third-order valence-electron chi connectivity index (χ3n) is 6.99. The van der Waals surface area contributed by atoms with E-state index >= 15 is 0 Å². The molecular formula is C31H30F6N4O3. The molecule has 234 valence electrons. The van der Waals surface area contributed by atoms with Gasteiger partial charge in [-0.1, -0.05) is 42.5 Å². The molecule has 13 heteroatoms. The van der Waals surface area contributed by atoms with E-state index in [4.69, 9.17) is 4.74 Å². The number of halogens is 6. The molecular weight excluding hydrogens is 590 g/mol. The summed E-state index contributed by atoms with van der Waals surface area (Å²) in [6.45, 7) is -0.541. The fraction of sp³-hybridized carbons (Fsp3) is 0.290. The summed E-state index contributed by atoms with van der Waals surface area (Å²) < 4.78 is 84.9. The maximum Gasteiger partial charge on any atom is 0.418 e. The molecule has 4 aromatic rings. The second-order valence-electron chi connectivity index (χ2n) is 10.0. The molecule has 7 nitrogen and oxygen atoms in total. The largest absolute Gasteiger partial charge is 0.418 e. The number of urea groups is 1. The molecule has 0 aliphatic carbocycles. The minimum Gasteiger partial charge on any atom is -0.383 e. The summed E-state index contributed by atoms with van der Waals surface area (Å²) in [5.74, 6) is -0.555. The Hall–Kier alpha value is -4.52. The van der Waals surface area contributed by atoms with Crippen LogP contribution in [0.5, 0.6) is 0 Å². The summed E-state index contributed by atoms with van der Waals surface area (Å²) in [5.41, 5.74) is -0.125. The normalized spacial score (nSPS) is 11.9. The number of nitrogens with zero attached hydrogens (tertiary/aromatic N) is 2. The van der Waals surface area contributed by atoms with Crippen LogP contribution >= 0.6 is 0 Å². The zero-order valence-corrected chi connectivity index (χ0v) is 23.6. The lowest BCUT2D eigenvalue weighted by atomic mass is 10.1. The van der Waals surface area contributed by atoms with Crippen LogP contribution in [0, 0.1) is 0 Å². The lowest BCUT2D eigenvalue weighted by Crippen LogP contribution is -2.46. The molecule has 0 aliphatic rings. The van der Waals surface area contributed by atoms with Gasteiger partial charge in [0.2, 0.25) is 5.91 Å². The van der Waals surface area contributed by atoms with Gasteiger partial charge in [-0.15, -0.1) is 0 Å². The van der Waals surface area contributed by atoms with Gasteiger partial charge in [0, 0.05) is 43.8 Å². The number of methoxy groups -OCH3 is 1. The zero-order chi connectivity index (χ0) is 31.9. The number of aromatic nitrogens is 1. The highest BCUT2D eigenvalue weighted by atomic mass is 19.4. The summed E-state index contributed by atoms with van der Waals surface area (Å²) in [6, 6.07) is 15.5. The summed E-state index contributed by atoms with van der Waals surface area (Å²) in [4.78, 5) is 32.4. The van der Waals surface area contributed by atoms with Crippen LogP contribution in [-0.4, -0.2) is 60.1 Å². The number of nitrogens with one attached hydrogen (secondary N) is 2. The Morgan fingerprint density at radius 3 is 2.20 bits per heavy atom. The summed E-state index contributed by atoms with van der Waals surface area (Å²) in [6.07, 6.45) is -7.05. The summed E-state index contributed by atoms with van der Waals surface area (Å²) in [7, 11) is 1.37. The predicted octanol–water partition coefficient (Wildman–Crippen LogP) is 6.96. The highest BCUT2D eigenvalue weighted by Gasteiger charge is 2.34. The number of rotatable bonds is 11. The summed E-state index contributed by atoms with van der Waals surface area (Å²) in [5, 5.41) is 3.19.